The van der Waals surface area contributed by atoms with E-state index in [1.54, 1.807) is 4.90 Å². The summed E-state index contributed by atoms with van der Waals surface area (Å²) >= 11 is 11.6. The highest BCUT2D eigenvalue weighted by atomic mass is 35.5. The average molecular weight is 394 g/mol. The van der Waals surface area contributed by atoms with Gasteiger partial charge in [-0.25, -0.2) is 13.4 Å². The van der Waals surface area contributed by atoms with Crippen LogP contribution in [0.4, 0.5) is 0 Å². The topological polar surface area (TPSA) is 79.8 Å². The van der Waals surface area contributed by atoms with Crippen molar-refractivity contribution in [3.63, 3.8) is 0 Å². The van der Waals surface area contributed by atoms with Gasteiger partial charge in [0, 0.05) is 25.8 Å². The normalized spacial score (nSPS) is 22.8. The van der Waals surface area contributed by atoms with E-state index in [1.807, 2.05) is 0 Å². The maximum Gasteiger partial charge on any atom is 0.245 e. The van der Waals surface area contributed by atoms with Crippen LogP contribution in [0.2, 0.25) is 10.2 Å². The molecule has 2 fully saturated rings. The Labute approximate surface area is 150 Å². The van der Waals surface area contributed by atoms with Gasteiger partial charge in [0.05, 0.1) is 18.2 Å². The average Bonchev–Trinajstić information content (AvgIpc) is 3.08. The summed E-state index contributed by atoms with van der Waals surface area (Å²) in [7, 11) is -3.86. The van der Waals surface area contributed by atoms with Crippen LogP contribution in [0.15, 0.2) is 17.2 Å². The minimum absolute atomic E-state index is 0.0398. The second-order valence-corrected chi connectivity index (χ2v) is 8.31. The van der Waals surface area contributed by atoms with E-state index in [0.29, 0.717) is 45.7 Å². The molecule has 3 heterocycles. The number of hydrogen-bond acceptors (Lipinski definition) is 5. The number of ether oxygens (including phenoxy) is 1. The van der Waals surface area contributed by atoms with E-state index >= 15 is 0 Å². The highest BCUT2D eigenvalue weighted by molar-refractivity contribution is 7.89. The van der Waals surface area contributed by atoms with Crippen LogP contribution >= 0.6 is 23.2 Å². The SMILES string of the molecule is O=C([C@@H]1CCCN1S(=O)(=O)c1cnc(Cl)c(Cl)c1)N1CCOCC1. The summed E-state index contributed by atoms with van der Waals surface area (Å²) in [5.74, 6) is -0.174. The van der Waals surface area contributed by atoms with E-state index in [4.69, 9.17) is 27.9 Å². The first-order chi connectivity index (χ1) is 11.4. The number of carbonyl (C=O) groups is 1. The Hall–Kier alpha value is -0.930. The number of pyridine rings is 1. The Morgan fingerprint density at radius 3 is 2.62 bits per heavy atom. The van der Waals surface area contributed by atoms with Crippen LogP contribution in [0.3, 0.4) is 0 Å². The van der Waals surface area contributed by atoms with Crippen molar-refractivity contribution in [1.29, 1.82) is 0 Å². The van der Waals surface area contributed by atoms with Gasteiger partial charge in [0.2, 0.25) is 15.9 Å². The van der Waals surface area contributed by atoms with E-state index in [2.05, 4.69) is 4.98 Å². The number of aromatic nitrogens is 1. The molecule has 1 aromatic heterocycles. The lowest BCUT2D eigenvalue weighted by molar-refractivity contribution is -0.138. The molecule has 1 amide bonds. The maximum absolute atomic E-state index is 12.9. The van der Waals surface area contributed by atoms with E-state index < -0.39 is 16.1 Å². The molecule has 0 radical (unpaired) electrons. The number of nitrogens with zero attached hydrogens (tertiary/aromatic N) is 3. The summed E-state index contributed by atoms with van der Waals surface area (Å²) in [4.78, 5) is 18.1. The number of morpholine rings is 1. The van der Waals surface area contributed by atoms with Crippen LogP contribution < -0.4 is 0 Å². The van der Waals surface area contributed by atoms with Crippen molar-refractivity contribution in [3.8, 4) is 0 Å². The van der Waals surface area contributed by atoms with Gasteiger partial charge in [-0.05, 0) is 18.9 Å². The molecule has 132 valence electrons. The van der Waals surface area contributed by atoms with E-state index in [9.17, 15) is 13.2 Å². The van der Waals surface area contributed by atoms with E-state index in [-0.39, 0.29) is 21.0 Å². The zero-order valence-electron chi connectivity index (χ0n) is 12.8. The van der Waals surface area contributed by atoms with Crippen LogP contribution in [0.5, 0.6) is 0 Å². The maximum atomic E-state index is 12.9. The van der Waals surface area contributed by atoms with Gasteiger partial charge in [-0.15, -0.1) is 0 Å². The molecule has 1 atom stereocenters. The van der Waals surface area contributed by atoms with Crippen molar-refractivity contribution in [2.75, 3.05) is 32.8 Å². The molecular formula is C14H17Cl2N3O4S. The second-order valence-electron chi connectivity index (χ2n) is 5.66. The smallest absolute Gasteiger partial charge is 0.245 e. The predicted molar refractivity (Wildman–Crippen MR) is 88.6 cm³/mol. The summed E-state index contributed by atoms with van der Waals surface area (Å²) in [6.07, 6.45) is 2.30. The highest BCUT2D eigenvalue weighted by Gasteiger charge is 2.41. The number of rotatable bonds is 3. The van der Waals surface area contributed by atoms with Crippen LogP contribution in [-0.4, -0.2) is 67.4 Å². The predicted octanol–water partition coefficient (Wildman–Crippen LogP) is 1.40. The minimum Gasteiger partial charge on any atom is -0.378 e. The Kier molecular flexibility index (Phi) is 5.31. The highest BCUT2D eigenvalue weighted by Crippen LogP contribution is 2.29. The van der Waals surface area contributed by atoms with Crippen molar-refractivity contribution in [1.82, 2.24) is 14.2 Å². The molecule has 10 heteroatoms. The number of halogens is 2. The molecule has 0 bridgehead atoms. The van der Waals surface area contributed by atoms with Crippen LogP contribution in [0.25, 0.3) is 0 Å². The van der Waals surface area contributed by atoms with Crippen molar-refractivity contribution < 1.29 is 17.9 Å². The molecule has 24 heavy (non-hydrogen) atoms. The Balaban J connectivity index is 1.85. The van der Waals surface area contributed by atoms with Gasteiger partial charge in [-0.1, -0.05) is 23.2 Å². The fraction of sp³-hybridized carbons (Fsp3) is 0.571. The molecule has 2 aliphatic heterocycles. The van der Waals surface area contributed by atoms with E-state index in [0.717, 1.165) is 6.20 Å². The van der Waals surface area contributed by atoms with Crippen LogP contribution in [-0.2, 0) is 19.6 Å². The first-order valence-corrected chi connectivity index (χ1v) is 9.80. The molecular weight excluding hydrogens is 377 g/mol. The summed E-state index contributed by atoms with van der Waals surface area (Å²) in [6, 6.07) is 0.573. The van der Waals surface area contributed by atoms with Crippen molar-refractivity contribution in [2.24, 2.45) is 0 Å². The number of carbonyl (C=O) groups excluding carboxylic acids is 1. The van der Waals surface area contributed by atoms with Gasteiger partial charge >= 0.3 is 0 Å². The van der Waals surface area contributed by atoms with Crippen molar-refractivity contribution in [3.05, 3.63) is 22.4 Å². The quantitative estimate of drug-likeness (QED) is 0.725. The standard InChI is InChI=1S/C14H17Cl2N3O4S/c15-11-8-10(9-17-13(11)16)24(21,22)19-3-1-2-12(19)14(20)18-4-6-23-7-5-18/h8-9,12H,1-7H2/t12-/m0/s1. The summed E-state index contributed by atoms with van der Waals surface area (Å²) in [6.45, 7) is 2.21. The third-order valence-corrected chi connectivity index (χ3v) is 6.75. The molecule has 7 nitrogen and oxygen atoms in total. The van der Waals surface area contributed by atoms with E-state index in [1.165, 1.54) is 10.4 Å². The molecule has 0 N–H and O–H groups in total. The first-order valence-electron chi connectivity index (χ1n) is 7.60. The molecule has 0 spiro atoms. The second kappa shape index (κ2) is 7.13. The molecule has 2 saturated heterocycles. The summed E-state index contributed by atoms with van der Waals surface area (Å²) < 4.78 is 32.3. The molecule has 3 rings (SSSR count). The lowest BCUT2D eigenvalue weighted by Gasteiger charge is -2.32. The molecule has 0 aliphatic carbocycles. The molecule has 2 aliphatic rings. The van der Waals surface area contributed by atoms with Crippen LogP contribution in [0, 0.1) is 0 Å². The molecule has 0 aromatic carbocycles. The van der Waals surface area contributed by atoms with Gasteiger partial charge in [-0.2, -0.15) is 4.31 Å². The fourth-order valence-electron chi connectivity index (χ4n) is 2.95. The van der Waals surface area contributed by atoms with Gasteiger partial charge in [0.15, 0.2) is 0 Å². The van der Waals surface area contributed by atoms with Crippen molar-refractivity contribution >= 4 is 39.1 Å². The molecule has 1 aromatic rings. The molecule has 0 saturated carbocycles. The summed E-state index contributed by atoms with van der Waals surface area (Å²) in [5.41, 5.74) is 0. The Bertz CT molecular complexity index is 738. The lowest BCUT2D eigenvalue weighted by Crippen LogP contribution is -2.50. The Morgan fingerprint density at radius 2 is 1.96 bits per heavy atom. The third kappa shape index (κ3) is 3.39. The zero-order valence-corrected chi connectivity index (χ0v) is 15.1. The fourth-order valence-corrected chi connectivity index (χ4v) is 4.91. The lowest BCUT2D eigenvalue weighted by atomic mass is 10.2. The monoisotopic (exact) mass is 393 g/mol. The van der Waals surface area contributed by atoms with Gasteiger partial charge in [0.25, 0.3) is 0 Å². The summed E-state index contributed by atoms with van der Waals surface area (Å²) in [5, 5.41) is 0.103. The first kappa shape index (κ1) is 17.9. The Morgan fingerprint density at radius 1 is 1.25 bits per heavy atom. The van der Waals surface area contributed by atoms with Crippen LogP contribution in [0.1, 0.15) is 12.8 Å². The number of sulfonamides is 1. The van der Waals surface area contributed by atoms with Crippen molar-refractivity contribution in [2.45, 2.75) is 23.8 Å². The molecule has 0 unspecified atom stereocenters. The number of hydrogen-bond donors (Lipinski definition) is 0. The largest absolute Gasteiger partial charge is 0.378 e. The van der Waals surface area contributed by atoms with Gasteiger partial charge in [0.1, 0.15) is 16.1 Å². The third-order valence-electron chi connectivity index (χ3n) is 4.19. The zero-order chi connectivity index (χ0) is 17.3. The van der Waals surface area contributed by atoms with Gasteiger partial charge < -0.3 is 9.64 Å². The minimum atomic E-state index is -3.86. The number of amides is 1. The van der Waals surface area contributed by atoms with Gasteiger partial charge in [-0.3, -0.25) is 4.79 Å².